The zero-order valence-electron chi connectivity index (χ0n) is 11.0. The van der Waals surface area contributed by atoms with Crippen LogP contribution in [0.3, 0.4) is 0 Å². The SMILES string of the molecule is CCNC1CCCN(c2cnc(C)c(C)n2)C1. The second-order valence-electron chi connectivity index (χ2n) is 4.74. The Labute approximate surface area is 103 Å². The summed E-state index contributed by atoms with van der Waals surface area (Å²) >= 11 is 0. The predicted octanol–water partition coefficient (Wildman–Crippen LogP) is 1.67. The van der Waals surface area contributed by atoms with Crippen LogP contribution in [0, 0.1) is 13.8 Å². The fourth-order valence-electron chi connectivity index (χ4n) is 2.32. The third kappa shape index (κ3) is 2.94. The van der Waals surface area contributed by atoms with E-state index in [4.69, 9.17) is 0 Å². The van der Waals surface area contributed by atoms with Crippen LogP contribution in [0.1, 0.15) is 31.2 Å². The van der Waals surface area contributed by atoms with Gasteiger partial charge < -0.3 is 10.2 Å². The molecule has 0 spiro atoms. The number of hydrogen-bond donors (Lipinski definition) is 1. The van der Waals surface area contributed by atoms with Gasteiger partial charge in [0.1, 0.15) is 5.82 Å². The van der Waals surface area contributed by atoms with E-state index in [0.29, 0.717) is 6.04 Å². The van der Waals surface area contributed by atoms with Crippen LogP contribution in [0.2, 0.25) is 0 Å². The third-order valence-corrected chi connectivity index (χ3v) is 3.42. The lowest BCUT2D eigenvalue weighted by atomic mass is 10.1. The number of nitrogens with zero attached hydrogens (tertiary/aromatic N) is 3. The van der Waals surface area contributed by atoms with Gasteiger partial charge in [-0.3, -0.25) is 4.98 Å². The maximum atomic E-state index is 4.63. The largest absolute Gasteiger partial charge is 0.354 e. The van der Waals surface area contributed by atoms with Gasteiger partial charge in [0.15, 0.2) is 0 Å². The summed E-state index contributed by atoms with van der Waals surface area (Å²) in [6, 6.07) is 0.595. The van der Waals surface area contributed by atoms with Crippen LogP contribution in [0.25, 0.3) is 0 Å². The molecule has 1 unspecified atom stereocenters. The molecule has 1 N–H and O–H groups in total. The van der Waals surface area contributed by atoms with Crippen molar-refractivity contribution in [3.63, 3.8) is 0 Å². The third-order valence-electron chi connectivity index (χ3n) is 3.42. The van der Waals surface area contributed by atoms with E-state index in [0.717, 1.165) is 36.8 Å². The minimum Gasteiger partial charge on any atom is -0.354 e. The van der Waals surface area contributed by atoms with E-state index in [1.165, 1.54) is 12.8 Å². The second kappa shape index (κ2) is 5.45. The standard InChI is InChI=1S/C13H22N4/c1-4-14-12-6-5-7-17(9-12)13-8-15-10(2)11(3)16-13/h8,12,14H,4-7,9H2,1-3H3. The highest BCUT2D eigenvalue weighted by Gasteiger charge is 2.20. The number of likely N-dealkylation sites (N-methyl/N-ethyl adjacent to an activating group) is 1. The van der Waals surface area contributed by atoms with Crippen LogP contribution < -0.4 is 10.2 Å². The Bertz CT molecular complexity index is 376. The highest BCUT2D eigenvalue weighted by molar-refractivity contribution is 5.38. The maximum absolute atomic E-state index is 4.63. The number of aryl methyl sites for hydroxylation is 2. The summed E-state index contributed by atoms with van der Waals surface area (Å²) in [5.74, 6) is 1.02. The van der Waals surface area contributed by atoms with Crippen LogP contribution in [-0.4, -0.2) is 35.6 Å². The molecule has 1 aliphatic rings. The molecule has 1 atom stereocenters. The van der Waals surface area contributed by atoms with Crippen molar-refractivity contribution in [3.05, 3.63) is 17.6 Å². The Hall–Kier alpha value is -1.16. The summed E-state index contributed by atoms with van der Waals surface area (Å²) in [6.07, 6.45) is 4.39. The normalized spacial score (nSPS) is 20.6. The zero-order valence-corrected chi connectivity index (χ0v) is 11.0. The molecule has 2 rings (SSSR count). The summed E-state index contributed by atoms with van der Waals surface area (Å²) < 4.78 is 0. The number of piperidine rings is 1. The molecular formula is C13H22N4. The molecule has 0 aromatic carbocycles. The van der Waals surface area contributed by atoms with Gasteiger partial charge >= 0.3 is 0 Å². The molecule has 17 heavy (non-hydrogen) atoms. The van der Waals surface area contributed by atoms with Crippen LogP contribution >= 0.6 is 0 Å². The first-order valence-corrected chi connectivity index (χ1v) is 6.49. The molecule has 0 radical (unpaired) electrons. The molecular weight excluding hydrogens is 212 g/mol. The summed E-state index contributed by atoms with van der Waals surface area (Å²) in [6.45, 7) is 9.37. The van der Waals surface area contributed by atoms with Gasteiger partial charge in [0.05, 0.1) is 17.6 Å². The molecule has 0 saturated carbocycles. The molecule has 94 valence electrons. The number of rotatable bonds is 3. The number of aromatic nitrogens is 2. The van der Waals surface area contributed by atoms with Crippen molar-refractivity contribution in [3.8, 4) is 0 Å². The minimum atomic E-state index is 0.595. The predicted molar refractivity (Wildman–Crippen MR) is 70.4 cm³/mol. The number of anilines is 1. The van der Waals surface area contributed by atoms with E-state index in [1.807, 2.05) is 20.0 Å². The molecule has 1 fully saturated rings. The zero-order chi connectivity index (χ0) is 12.3. The molecule has 1 saturated heterocycles. The Morgan fingerprint density at radius 2 is 2.24 bits per heavy atom. The van der Waals surface area contributed by atoms with Crippen molar-refractivity contribution in [1.29, 1.82) is 0 Å². The first-order valence-electron chi connectivity index (χ1n) is 6.49. The number of nitrogens with one attached hydrogen (secondary N) is 1. The van der Waals surface area contributed by atoms with Crippen LogP contribution in [0.15, 0.2) is 6.20 Å². The van der Waals surface area contributed by atoms with Gasteiger partial charge in [-0.15, -0.1) is 0 Å². The molecule has 0 amide bonds. The van der Waals surface area contributed by atoms with Gasteiger partial charge in [0.25, 0.3) is 0 Å². The van der Waals surface area contributed by atoms with E-state index in [2.05, 4.69) is 27.1 Å². The highest BCUT2D eigenvalue weighted by Crippen LogP contribution is 2.18. The molecule has 1 aromatic heterocycles. The summed E-state index contributed by atoms with van der Waals surface area (Å²) in [5, 5.41) is 3.52. The van der Waals surface area contributed by atoms with Crippen molar-refractivity contribution in [2.75, 3.05) is 24.5 Å². The van der Waals surface area contributed by atoms with Crippen molar-refractivity contribution in [2.45, 2.75) is 39.7 Å². The van der Waals surface area contributed by atoms with Gasteiger partial charge in [-0.25, -0.2) is 4.98 Å². The van der Waals surface area contributed by atoms with Crippen LogP contribution in [-0.2, 0) is 0 Å². The Morgan fingerprint density at radius 1 is 1.41 bits per heavy atom. The van der Waals surface area contributed by atoms with Crippen LogP contribution in [0.4, 0.5) is 5.82 Å². The van der Waals surface area contributed by atoms with E-state index < -0.39 is 0 Å². The Kier molecular flexibility index (Phi) is 3.94. The van der Waals surface area contributed by atoms with E-state index in [9.17, 15) is 0 Å². The molecule has 1 aliphatic heterocycles. The van der Waals surface area contributed by atoms with E-state index in [-0.39, 0.29) is 0 Å². The van der Waals surface area contributed by atoms with Gasteiger partial charge in [0.2, 0.25) is 0 Å². The highest BCUT2D eigenvalue weighted by atomic mass is 15.2. The lowest BCUT2D eigenvalue weighted by Gasteiger charge is -2.33. The summed E-state index contributed by atoms with van der Waals surface area (Å²) in [4.78, 5) is 11.4. The first kappa shape index (κ1) is 12.3. The van der Waals surface area contributed by atoms with Crippen molar-refractivity contribution < 1.29 is 0 Å². The smallest absolute Gasteiger partial charge is 0.147 e. The minimum absolute atomic E-state index is 0.595. The molecule has 4 nitrogen and oxygen atoms in total. The molecule has 4 heteroatoms. The van der Waals surface area contributed by atoms with Gasteiger partial charge in [-0.1, -0.05) is 6.92 Å². The Balaban J connectivity index is 2.08. The molecule has 0 bridgehead atoms. The maximum Gasteiger partial charge on any atom is 0.147 e. The fourth-order valence-corrected chi connectivity index (χ4v) is 2.32. The lowest BCUT2D eigenvalue weighted by molar-refractivity contribution is 0.429. The quantitative estimate of drug-likeness (QED) is 0.864. The van der Waals surface area contributed by atoms with E-state index in [1.54, 1.807) is 0 Å². The van der Waals surface area contributed by atoms with Gasteiger partial charge in [0, 0.05) is 19.1 Å². The van der Waals surface area contributed by atoms with Crippen LogP contribution in [0.5, 0.6) is 0 Å². The van der Waals surface area contributed by atoms with E-state index >= 15 is 0 Å². The second-order valence-corrected chi connectivity index (χ2v) is 4.74. The number of hydrogen-bond acceptors (Lipinski definition) is 4. The summed E-state index contributed by atoms with van der Waals surface area (Å²) in [7, 11) is 0. The van der Waals surface area contributed by atoms with Crippen molar-refractivity contribution in [2.24, 2.45) is 0 Å². The first-order chi connectivity index (χ1) is 8.20. The topological polar surface area (TPSA) is 41.0 Å². The molecule has 2 heterocycles. The summed E-state index contributed by atoms with van der Waals surface area (Å²) in [5.41, 5.74) is 2.06. The molecule has 0 aliphatic carbocycles. The lowest BCUT2D eigenvalue weighted by Crippen LogP contribution is -2.46. The Morgan fingerprint density at radius 3 is 2.94 bits per heavy atom. The monoisotopic (exact) mass is 234 g/mol. The van der Waals surface area contributed by atoms with Gasteiger partial charge in [-0.2, -0.15) is 0 Å². The average molecular weight is 234 g/mol. The average Bonchev–Trinajstić information content (AvgIpc) is 2.33. The van der Waals surface area contributed by atoms with Crippen molar-refractivity contribution in [1.82, 2.24) is 15.3 Å². The fraction of sp³-hybridized carbons (Fsp3) is 0.692. The van der Waals surface area contributed by atoms with Gasteiger partial charge in [-0.05, 0) is 33.2 Å². The van der Waals surface area contributed by atoms with Crippen molar-refractivity contribution >= 4 is 5.82 Å². The molecule has 1 aromatic rings.